The lowest BCUT2D eigenvalue weighted by Crippen LogP contribution is -2.79. The van der Waals surface area contributed by atoms with E-state index in [0.717, 1.165) is 42.6 Å². The van der Waals surface area contributed by atoms with Gasteiger partial charge in [0.05, 0.1) is 17.5 Å². The van der Waals surface area contributed by atoms with E-state index in [1.165, 1.54) is 26.7 Å². The zero-order valence-corrected chi connectivity index (χ0v) is 26.8. The predicted molar refractivity (Wildman–Crippen MR) is 170 cm³/mol. The Balaban J connectivity index is 1.36. The lowest BCUT2D eigenvalue weighted by atomic mass is 9.48. The zero-order chi connectivity index (χ0) is 31.5. The summed E-state index contributed by atoms with van der Waals surface area (Å²) in [4.78, 5) is 43.9. The van der Waals surface area contributed by atoms with Gasteiger partial charge in [0.15, 0.2) is 11.5 Å². The number of rotatable bonds is 9. The highest BCUT2D eigenvalue weighted by Crippen LogP contribution is 2.67. The van der Waals surface area contributed by atoms with E-state index < -0.39 is 23.1 Å². The van der Waals surface area contributed by atoms with E-state index in [2.05, 4.69) is 24.8 Å². The van der Waals surface area contributed by atoms with Crippen molar-refractivity contribution in [2.24, 2.45) is 11.8 Å². The maximum atomic E-state index is 14.1. The molecule has 5 atom stereocenters. The monoisotopic (exact) mass is 612 g/mol. The number of hydrogen-bond acceptors (Lipinski definition) is 7. The van der Waals surface area contributed by atoms with Crippen molar-refractivity contribution in [3.8, 4) is 11.5 Å². The van der Waals surface area contributed by atoms with Gasteiger partial charge in [0.25, 0.3) is 0 Å². The first kappa shape index (κ1) is 30.0. The number of likely N-dealkylation sites (tertiary alicyclic amines) is 1. The largest absolute Gasteiger partial charge is 0.483 e. The number of benzene rings is 2. The second-order valence-corrected chi connectivity index (χ2v) is 14.2. The minimum absolute atomic E-state index is 0.00746. The van der Waals surface area contributed by atoms with Crippen LogP contribution in [0.25, 0.3) is 6.08 Å². The molecule has 2 aromatic carbocycles. The Morgan fingerprint density at radius 3 is 2.51 bits per heavy atom. The first-order valence-electron chi connectivity index (χ1n) is 16.6. The van der Waals surface area contributed by atoms with Crippen molar-refractivity contribution in [1.29, 1.82) is 0 Å². The Morgan fingerprint density at radius 1 is 1.04 bits per heavy atom. The number of esters is 2. The summed E-state index contributed by atoms with van der Waals surface area (Å²) in [6.07, 6.45) is 8.31. The standard InChI is InChI=1S/C37H44N2O6/c1-23(2)21-39(32(42)15-12-26-8-6-5-7-9-26)29-16-17-37(45-25(4)41)31-20-28-13-14-30(43-24(3)40)34-33(28)36(37,35(29)44-34)18-19-38(31)22-27-10-11-27/h5-9,12-15,23,27,29,31,35H,10-11,16-22H2,1-4H3/t29-,31+,35-,36-,37+/m0/s1. The van der Waals surface area contributed by atoms with Gasteiger partial charge in [-0.1, -0.05) is 50.2 Å². The smallest absolute Gasteiger partial charge is 0.308 e. The Labute approximate surface area is 265 Å². The summed E-state index contributed by atoms with van der Waals surface area (Å²) in [5.74, 6) is 1.12. The minimum atomic E-state index is -0.813. The number of amides is 1. The van der Waals surface area contributed by atoms with Gasteiger partial charge in [-0.2, -0.15) is 0 Å². The second-order valence-electron chi connectivity index (χ2n) is 14.2. The molecule has 3 fully saturated rings. The van der Waals surface area contributed by atoms with E-state index in [1.807, 2.05) is 47.4 Å². The summed E-state index contributed by atoms with van der Waals surface area (Å²) < 4.78 is 19.4. The molecule has 8 nitrogen and oxygen atoms in total. The predicted octanol–water partition coefficient (Wildman–Crippen LogP) is 5.31. The van der Waals surface area contributed by atoms with Crippen LogP contribution in [0, 0.1) is 11.8 Å². The molecule has 1 amide bonds. The molecule has 0 radical (unpaired) electrons. The number of piperidine rings is 1. The molecule has 1 spiro atoms. The topological polar surface area (TPSA) is 85.4 Å². The Bertz CT molecular complexity index is 1530. The molecule has 3 aliphatic carbocycles. The first-order valence-corrected chi connectivity index (χ1v) is 16.6. The first-order chi connectivity index (χ1) is 21.6. The highest BCUT2D eigenvalue weighted by Gasteiger charge is 2.76. The van der Waals surface area contributed by atoms with E-state index >= 15 is 0 Å². The zero-order valence-electron chi connectivity index (χ0n) is 26.8. The van der Waals surface area contributed by atoms with Crippen molar-refractivity contribution >= 4 is 23.9 Å². The minimum Gasteiger partial charge on any atom is -0.483 e. The summed E-state index contributed by atoms with van der Waals surface area (Å²) >= 11 is 0. The van der Waals surface area contributed by atoms with Crippen molar-refractivity contribution in [3.63, 3.8) is 0 Å². The second kappa shape index (κ2) is 11.3. The molecular weight excluding hydrogens is 568 g/mol. The van der Waals surface area contributed by atoms with E-state index in [-0.39, 0.29) is 29.9 Å². The average molecular weight is 613 g/mol. The average Bonchev–Trinajstić information content (AvgIpc) is 3.74. The van der Waals surface area contributed by atoms with E-state index in [1.54, 1.807) is 6.08 Å². The molecule has 0 aromatic heterocycles. The van der Waals surface area contributed by atoms with E-state index in [4.69, 9.17) is 14.2 Å². The van der Waals surface area contributed by atoms with Crippen molar-refractivity contribution in [2.75, 3.05) is 19.6 Å². The molecular formula is C37H44N2O6. The van der Waals surface area contributed by atoms with E-state index in [9.17, 15) is 14.4 Å². The Hall–Kier alpha value is -3.65. The fourth-order valence-corrected chi connectivity index (χ4v) is 9.04. The number of carbonyl (C=O) groups is 3. The molecule has 238 valence electrons. The quantitative estimate of drug-likeness (QED) is 0.216. The Kier molecular flexibility index (Phi) is 7.54. The van der Waals surface area contributed by atoms with Crippen molar-refractivity contribution < 1.29 is 28.6 Å². The summed E-state index contributed by atoms with van der Waals surface area (Å²) in [6.45, 7) is 9.59. The van der Waals surface area contributed by atoms with Crippen LogP contribution in [0.5, 0.6) is 11.5 Å². The van der Waals surface area contributed by atoms with Crippen LogP contribution in [0.4, 0.5) is 0 Å². The van der Waals surface area contributed by atoms with Gasteiger partial charge >= 0.3 is 11.9 Å². The Morgan fingerprint density at radius 2 is 1.82 bits per heavy atom. The van der Waals surface area contributed by atoms with E-state index in [0.29, 0.717) is 36.8 Å². The van der Waals surface area contributed by atoms with Gasteiger partial charge in [-0.05, 0) is 80.2 Å². The molecule has 2 heterocycles. The molecule has 1 saturated heterocycles. The van der Waals surface area contributed by atoms with Crippen molar-refractivity contribution in [3.05, 3.63) is 65.2 Å². The van der Waals surface area contributed by atoms with Gasteiger partial charge in [-0.3, -0.25) is 19.3 Å². The van der Waals surface area contributed by atoms with Gasteiger partial charge in [0, 0.05) is 38.6 Å². The third kappa shape index (κ3) is 4.96. The number of hydrogen-bond donors (Lipinski definition) is 0. The van der Waals surface area contributed by atoms with Crippen molar-refractivity contribution in [1.82, 2.24) is 9.80 Å². The van der Waals surface area contributed by atoms with Gasteiger partial charge in [0.2, 0.25) is 5.91 Å². The van der Waals surface area contributed by atoms with Crippen LogP contribution in [0.1, 0.15) is 76.5 Å². The SMILES string of the molecule is CC(=O)Oc1ccc2c3c1O[C@H]1[C@@H](N(CC(C)C)C(=O)C=Cc4ccccc4)CC[C@@]4(OC(C)=O)[C@@H](C2)N(CC2CC2)CC[C@]314. The van der Waals surface area contributed by atoms with Gasteiger partial charge in [0.1, 0.15) is 11.7 Å². The summed E-state index contributed by atoms with van der Waals surface area (Å²) in [5, 5.41) is 0. The third-order valence-electron chi connectivity index (χ3n) is 10.7. The molecule has 0 N–H and O–H groups in total. The molecule has 2 saturated carbocycles. The van der Waals surface area contributed by atoms with Crippen molar-refractivity contribution in [2.45, 2.75) is 95.4 Å². The molecule has 0 unspecified atom stereocenters. The number of nitrogens with zero attached hydrogens (tertiary/aromatic N) is 2. The van der Waals surface area contributed by atoms with Crippen LogP contribution in [0.15, 0.2) is 48.5 Å². The number of carbonyl (C=O) groups excluding carboxylic acids is 3. The van der Waals surface area contributed by atoms with Crippen LogP contribution < -0.4 is 9.47 Å². The molecule has 8 heteroatoms. The van der Waals surface area contributed by atoms with Crippen LogP contribution in [-0.2, 0) is 31.0 Å². The highest BCUT2D eigenvalue weighted by atomic mass is 16.6. The summed E-state index contributed by atoms with van der Waals surface area (Å²) in [6, 6.07) is 13.5. The van der Waals surface area contributed by atoms with Crippen LogP contribution >= 0.6 is 0 Å². The number of ether oxygens (including phenoxy) is 3. The summed E-state index contributed by atoms with van der Waals surface area (Å²) in [5.41, 5.74) is 1.64. The third-order valence-corrected chi connectivity index (χ3v) is 10.7. The van der Waals surface area contributed by atoms with Crippen LogP contribution in [0.2, 0.25) is 0 Å². The lowest BCUT2D eigenvalue weighted by molar-refractivity contribution is -0.224. The highest BCUT2D eigenvalue weighted by molar-refractivity contribution is 5.92. The molecule has 2 aromatic rings. The van der Waals surface area contributed by atoms with Crippen LogP contribution in [-0.4, -0.2) is 71.1 Å². The van der Waals surface area contributed by atoms with Gasteiger partial charge < -0.3 is 19.1 Å². The lowest BCUT2D eigenvalue weighted by Gasteiger charge is -2.65. The maximum Gasteiger partial charge on any atom is 0.308 e. The van der Waals surface area contributed by atoms with Gasteiger partial charge in [-0.15, -0.1) is 0 Å². The molecule has 2 aliphatic heterocycles. The van der Waals surface area contributed by atoms with Crippen LogP contribution in [0.3, 0.4) is 0 Å². The van der Waals surface area contributed by atoms with Gasteiger partial charge in [-0.25, -0.2) is 0 Å². The molecule has 5 aliphatic rings. The maximum absolute atomic E-state index is 14.1. The molecule has 2 bridgehead atoms. The fraction of sp³-hybridized carbons (Fsp3) is 0.541. The normalized spacial score (nSPS) is 29.7. The summed E-state index contributed by atoms with van der Waals surface area (Å²) in [7, 11) is 0. The fourth-order valence-electron chi connectivity index (χ4n) is 9.04. The molecule has 7 rings (SSSR count). The molecule has 45 heavy (non-hydrogen) atoms.